The monoisotopic (exact) mass is 511 g/mol. The lowest BCUT2D eigenvalue weighted by Crippen LogP contribution is -1.97. The van der Waals surface area contributed by atoms with Crippen molar-refractivity contribution in [3.63, 3.8) is 0 Å². The van der Waals surface area contributed by atoms with E-state index in [0.29, 0.717) is 0 Å². The van der Waals surface area contributed by atoms with E-state index in [0.717, 1.165) is 35.6 Å². The van der Waals surface area contributed by atoms with Gasteiger partial charge in [0.2, 0.25) is 0 Å². The summed E-state index contributed by atoms with van der Waals surface area (Å²) >= 11 is 0. The molecule has 3 rings (SSSR count). The third kappa shape index (κ3) is 12.6. The fourth-order valence-electron chi connectivity index (χ4n) is 4.88. The number of benzene rings is 2. The molecular formula is C36H49NO. The lowest BCUT2D eigenvalue weighted by Gasteiger charge is -2.07. The standard InChI is InChI=1S/C36H49NO/c1-2-3-4-5-6-7-8-9-10-11-12-13-14-15-16-19-30-38-36-28-22-32(23-29-36)31-37-35-26-24-34(25-27-35)33-20-17-18-21-33/h17-18,20,22-29,31H,2-16,19,30H2,1H3. The van der Waals surface area contributed by atoms with Crippen molar-refractivity contribution in [2.24, 2.45) is 4.99 Å². The molecule has 204 valence electrons. The van der Waals surface area contributed by atoms with Crippen LogP contribution >= 0.6 is 0 Å². The number of allylic oxidation sites excluding steroid dienone is 3. The Kier molecular flexibility index (Phi) is 15.1. The highest BCUT2D eigenvalue weighted by molar-refractivity contribution is 5.82. The molecule has 0 radical (unpaired) electrons. The minimum absolute atomic E-state index is 0.805. The highest BCUT2D eigenvalue weighted by atomic mass is 16.5. The number of rotatable bonds is 21. The van der Waals surface area contributed by atoms with E-state index in [1.807, 2.05) is 42.6 Å². The SMILES string of the molecule is CCCCCCCCCCCCCCCCCCOc1ccc(C=Nc2ccc(C3=C=CC=C3)cc2)cc1. The van der Waals surface area contributed by atoms with Crippen molar-refractivity contribution < 1.29 is 4.74 Å². The Morgan fingerprint density at radius 2 is 1.21 bits per heavy atom. The van der Waals surface area contributed by atoms with Crippen LogP contribution in [0.25, 0.3) is 5.57 Å². The van der Waals surface area contributed by atoms with Crippen molar-refractivity contribution in [2.45, 2.75) is 110 Å². The summed E-state index contributed by atoms with van der Waals surface area (Å²) in [7, 11) is 0. The van der Waals surface area contributed by atoms with Crippen molar-refractivity contribution >= 4 is 17.5 Å². The van der Waals surface area contributed by atoms with Crippen molar-refractivity contribution in [2.75, 3.05) is 6.61 Å². The Balaban J connectivity index is 1.15. The molecule has 1 aliphatic rings. The van der Waals surface area contributed by atoms with Crippen molar-refractivity contribution in [1.82, 2.24) is 0 Å². The Morgan fingerprint density at radius 3 is 1.74 bits per heavy atom. The van der Waals surface area contributed by atoms with Gasteiger partial charge in [0.1, 0.15) is 5.75 Å². The molecule has 0 unspecified atom stereocenters. The lowest BCUT2D eigenvalue weighted by molar-refractivity contribution is 0.304. The van der Waals surface area contributed by atoms with Crippen LogP contribution < -0.4 is 4.74 Å². The minimum atomic E-state index is 0.805. The Hall–Kier alpha value is -2.83. The molecule has 2 heteroatoms. The van der Waals surface area contributed by atoms with Crippen molar-refractivity contribution in [3.8, 4) is 5.75 Å². The Bertz CT molecular complexity index is 1010. The van der Waals surface area contributed by atoms with Gasteiger partial charge < -0.3 is 4.74 Å². The van der Waals surface area contributed by atoms with Gasteiger partial charge in [-0.25, -0.2) is 0 Å². The summed E-state index contributed by atoms with van der Waals surface area (Å²) < 4.78 is 5.94. The molecule has 0 spiro atoms. The summed E-state index contributed by atoms with van der Waals surface area (Å²) in [4.78, 5) is 4.60. The van der Waals surface area contributed by atoms with Gasteiger partial charge in [-0.05, 0) is 66.1 Å². The maximum Gasteiger partial charge on any atom is 0.119 e. The van der Waals surface area contributed by atoms with Gasteiger partial charge in [-0.3, -0.25) is 4.99 Å². The van der Waals surface area contributed by atoms with Crippen LogP contribution in [-0.4, -0.2) is 12.8 Å². The molecule has 0 heterocycles. The van der Waals surface area contributed by atoms with Crippen LogP contribution in [0.5, 0.6) is 5.75 Å². The molecule has 0 atom stereocenters. The normalized spacial score (nSPS) is 12.5. The molecular weight excluding hydrogens is 462 g/mol. The van der Waals surface area contributed by atoms with Gasteiger partial charge in [0.15, 0.2) is 0 Å². The highest BCUT2D eigenvalue weighted by Crippen LogP contribution is 2.21. The van der Waals surface area contributed by atoms with Crippen molar-refractivity contribution in [1.29, 1.82) is 0 Å². The predicted molar refractivity (Wildman–Crippen MR) is 166 cm³/mol. The highest BCUT2D eigenvalue weighted by Gasteiger charge is 2.00. The maximum absolute atomic E-state index is 5.94. The number of aliphatic imine (C=N–C) groups is 1. The van der Waals surface area contributed by atoms with Crippen LogP contribution in [0.2, 0.25) is 0 Å². The quantitative estimate of drug-likeness (QED) is 0.0927. The first-order chi connectivity index (χ1) is 18.8. The second-order valence-corrected chi connectivity index (χ2v) is 10.6. The van der Waals surface area contributed by atoms with Crippen LogP contribution in [-0.2, 0) is 0 Å². The fourth-order valence-corrected chi connectivity index (χ4v) is 4.88. The molecule has 0 aromatic heterocycles. The molecule has 38 heavy (non-hydrogen) atoms. The summed E-state index contributed by atoms with van der Waals surface area (Å²) in [6.45, 7) is 3.10. The van der Waals surface area contributed by atoms with Gasteiger partial charge in [-0.15, -0.1) is 5.73 Å². The van der Waals surface area contributed by atoms with Gasteiger partial charge in [0.25, 0.3) is 0 Å². The minimum Gasteiger partial charge on any atom is -0.494 e. The second kappa shape index (κ2) is 19.3. The Labute approximate surface area is 232 Å². The summed E-state index contributed by atoms with van der Waals surface area (Å²) in [5, 5.41) is 0. The fraction of sp³-hybridized carbons (Fsp3) is 0.500. The van der Waals surface area contributed by atoms with E-state index in [9.17, 15) is 0 Å². The second-order valence-electron chi connectivity index (χ2n) is 10.6. The average molecular weight is 512 g/mol. The molecule has 0 fully saturated rings. The smallest absolute Gasteiger partial charge is 0.119 e. The van der Waals surface area contributed by atoms with Gasteiger partial charge in [-0.2, -0.15) is 0 Å². The van der Waals surface area contributed by atoms with E-state index >= 15 is 0 Å². The average Bonchev–Trinajstić information content (AvgIpc) is 3.50. The first-order valence-corrected chi connectivity index (χ1v) is 15.4. The summed E-state index contributed by atoms with van der Waals surface area (Å²) in [5.74, 6) is 0.943. The molecule has 0 aliphatic heterocycles. The van der Waals surface area contributed by atoms with Crippen LogP contribution in [0.3, 0.4) is 0 Å². The number of ether oxygens (including phenoxy) is 1. The van der Waals surface area contributed by atoms with Crippen LogP contribution in [0.4, 0.5) is 5.69 Å². The molecule has 0 N–H and O–H groups in total. The first kappa shape index (κ1) is 29.7. The molecule has 2 nitrogen and oxygen atoms in total. The molecule has 0 saturated heterocycles. The van der Waals surface area contributed by atoms with E-state index in [-0.39, 0.29) is 0 Å². The van der Waals surface area contributed by atoms with Gasteiger partial charge >= 0.3 is 0 Å². The van der Waals surface area contributed by atoms with Crippen LogP contribution in [0.15, 0.2) is 77.5 Å². The molecule has 1 aliphatic carbocycles. The number of hydrogen-bond acceptors (Lipinski definition) is 2. The van der Waals surface area contributed by atoms with Crippen LogP contribution in [0.1, 0.15) is 121 Å². The summed E-state index contributed by atoms with van der Waals surface area (Å²) in [6.07, 6.45) is 30.2. The summed E-state index contributed by atoms with van der Waals surface area (Å²) in [5.41, 5.74) is 7.54. The molecule has 0 amide bonds. The third-order valence-corrected chi connectivity index (χ3v) is 7.29. The van der Waals surface area contributed by atoms with E-state index in [2.05, 4.69) is 48.0 Å². The topological polar surface area (TPSA) is 21.6 Å². The van der Waals surface area contributed by atoms with E-state index in [1.54, 1.807) is 0 Å². The zero-order valence-corrected chi connectivity index (χ0v) is 23.8. The molecule has 2 aromatic carbocycles. The largest absolute Gasteiger partial charge is 0.494 e. The lowest BCUT2D eigenvalue weighted by atomic mass is 10.0. The molecule has 0 saturated carbocycles. The first-order valence-electron chi connectivity index (χ1n) is 15.4. The number of nitrogens with zero attached hydrogens (tertiary/aromatic N) is 1. The number of hydrogen-bond donors (Lipinski definition) is 0. The zero-order chi connectivity index (χ0) is 26.5. The van der Waals surface area contributed by atoms with Gasteiger partial charge in [0, 0.05) is 11.8 Å². The van der Waals surface area contributed by atoms with Gasteiger partial charge in [-0.1, -0.05) is 121 Å². The van der Waals surface area contributed by atoms with E-state index in [1.165, 1.54) is 102 Å². The third-order valence-electron chi connectivity index (χ3n) is 7.29. The predicted octanol–water partition coefficient (Wildman–Crippen LogP) is 11.2. The zero-order valence-electron chi connectivity index (χ0n) is 23.8. The van der Waals surface area contributed by atoms with Crippen molar-refractivity contribution in [3.05, 3.63) is 83.6 Å². The van der Waals surface area contributed by atoms with E-state index < -0.39 is 0 Å². The summed E-state index contributed by atoms with van der Waals surface area (Å²) in [6, 6.07) is 16.5. The molecule has 0 bridgehead atoms. The molecule has 2 aromatic rings. The Morgan fingerprint density at radius 1 is 0.658 bits per heavy atom. The number of unbranched alkanes of at least 4 members (excludes halogenated alkanes) is 15. The van der Waals surface area contributed by atoms with Crippen LogP contribution in [0, 0.1) is 0 Å². The maximum atomic E-state index is 5.94. The van der Waals surface area contributed by atoms with Gasteiger partial charge in [0.05, 0.1) is 12.3 Å². The van der Waals surface area contributed by atoms with E-state index in [4.69, 9.17) is 4.74 Å².